The zero-order valence-electron chi connectivity index (χ0n) is 15.3. The third-order valence-corrected chi connectivity index (χ3v) is 6.10. The van der Waals surface area contributed by atoms with Crippen LogP contribution in [0.15, 0.2) is 63.5 Å². The Morgan fingerprint density at radius 2 is 1.82 bits per heavy atom. The van der Waals surface area contributed by atoms with Crippen molar-refractivity contribution in [2.45, 2.75) is 30.0 Å². The molecule has 0 bridgehead atoms. The van der Waals surface area contributed by atoms with Crippen molar-refractivity contribution >= 4 is 28.2 Å². The summed E-state index contributed by atoms with van der Waals surface area (Å²) >= 11 is 3.06. The SMILES string of the molecule is CCc1ccc(-c2noc(CSc3nnc(NCc4ccccc4)s3)n2)cc1. The predicted molar refractivity (Wildman–Crippen MR) is 112 cm³/mol. The first kappa shape index (κ1) is 18.6. The second-order valence-corrected chi connectivity index (χ2v) is 8.26. The number of nitrogens with zero attached hydrogens (tertiary/aromatic N) is 4. The third kappa shape index (κ3) is 4.76. The van der Waals surface area contributed by atoms with E-state index in [4.69, 9.17) is 4.52 Å². The van der Waals surface area contributed by atoms with E-state index < -0.39 is 0 Å². The zero-order valence-corrected chi connectivity index (χ0v) is 17.0. The maximum Gasteiger partial charge on any atom is 0.237 e. The lowest BCUT2D eigenvalue weighted by atomic mass is 10.1. The minimum atomic E-state index is 0.563. The molecule has 0 aliphatic heterocycles. The number of rotatable bonds is 8. The Balaban J connectivity index is 1.31. The number of nitrogens with one attached hydrogen (secondary N) is 1. The zero-order chi connectivity index (χ0) is 19.2. The summed E-state index contributed by atoms with van der Waals surface area (Å²) in [5, 5.41) is 16.6. The van der Waals surface area contributed by atoms with E-state index in [-0.39, 0.29) is 0 Å². The molecule has 2 aromatic heterocycles. The quantitative estimate of drug-likeness (QED) is 0.408. The van der Waals surface area contributed by atoms with E-state index in [9.17, 15) is 0 Å². The summed E-state index contributed by atoms with van der Waals surface area (Å²) in [7, 11) is 0. The van der Waals surface area contributed by atoms with E-state index in [1.54, 1.807) is 0 Å². The molecule has 4 rings (SSSR count). The molecule has 0 aliphatic rings. The van der Waals surface area contributed by atoms with E-state index in [1.165, 1.54) is 34.2 Å². The van der Waals surface area contributed by atoms with Crippen LogP contribution in [-0.4, -0.2) is 20.3 Å². The summed E-state index contributed by atoms with van der Waals surface area (Å²) in [5.74, 6) is 1.75. The Kier molecular flexibility index (Phi) is 5.98. The fraction of sp³-hybridized carbons (Fsp3) is 0.200. The van der Waals surface area contributed by atoms with Gasteiger partial charge in [0.1, 0.15) is 0 Å². The Hall–Kier alpha value is -2.71. The van der Waals surface area contributed by atoms with Gasteiger partial charge in [-0.2, -0.15) is 4.98 Å². The molecule has 0 unspecified atom stereocenters. The highest BCUT2D eigenvalue weighted by Gasteiger charge is 2.11. The lowest BCUT2D eigenvalue weighted by Crippen LogP contribution is -1.98. The monoisotopic (exact) mass is 409 g/mol. The maximum absolute atomic E-state index is 5.37. The lowest BCUT2D eigenvalue weighted by Gasteiger charge is -2.00. The molecule has 2 heterocycles. The van der Waals surface area contributed by atoms with Crippen LogP contribution in [0.5, 0.6) is 0 Å². The Morgan fingerprint density at radius 1 is 1.00 bits per heavy atom. The fourth-order valence-corrected chi connectivity index (χ4v) is 4.14. The summed E-state index contributed by atoms with van der Waals surface area (Å²) in [6.07, 6.45) is 1.01. The number of aryl methyl sites for hydroxylation is 1. The van der Waals surface area contributed by atoms with E-state index in [0.717, 1.165) is 28.0 Å². The molecule has 0 radical (unpaired) electrons. The van der Waals surface area contributed by atoms with Gasteiger partial charge in [0.25, 0.3) is 0 Å². The highest BCUT2D eigenvalue weighted by molar-refractivity contribution is 8.00. The van der Waals surface area contributed by atoms with Gasteiger partial charge in [0.15, 0.2) is 4.34 Å². The van der Waals surface area contributed by atoms with Crippen LogP contribution < -0.4 is 5.32 Å². The first-order valence-corrected chi connectivity index (χ1v) is 10.8. The van der Waals surface area contributed by atoms with E-state index >= 15 is 0 Å². The van der Waals surface area contributed by atoms with Crippen LogP contribution in [0.3, 0.4) is 0 Å². The van der Waals surface area contributed by atoms with Crippen molar-refractivity contribution < 1.29 is 4.52 Å². The number of aromatic nitrogens is 4. The minimum absolute atomic E-state index is 0.563. The molecular weight excluding hydrogens is 390 g/mol. The molecule has 28 heavy (non-hydrogen) atoms. The van der Waals surface area contributed by atoms with Gasteiger partial charge in [0, 0.05) is 12.1 Å². The third-order valence-electron chi connectivity index (χ3n) is 4.10. The Morgan fingerprint density at radius 3 is 2.61 bits per heavy atom. The highest BCUT2D eigenvalue weighted by atomic mass is 32.2. The average Bonchev–Trinajstić information content (AvgIpc) is 3.41. The van der Waals surface area contributed by atoms with E-state index in [0.29, 0.717) is 17.5 Å². The van der Waals surface area contributed by atoms with Crippen LogP contribution in [0.1, 0.15) is 23.9 Å². The van der Waals surface area contributed by atoms with Crippen molar-refractivity contribution in [3.63, 3.8) is 0 Å². The van der Waals surface area contributed by atoms with Crippen LogP contribution in [-0.2, 0) is 18.7 Å². The molecule has 142 valence electrons. The van der Waals surface area contributed by atoms with Gasteiger partial charge in [-0.05, 0) is 17.5 Å². The van der Waals surface area contributed by atoms with Crippen molar-refractivity contribution in [2.75, 3.05) is 5.32 Å². The molecule has 1 N–H and O–H groups in total. The average molecular weight is 410 g/mol. The molecule has 0 saturated carbocycles. The second-order valence-electron chi connectivity index (χ2n) is 6.06. The lowest BCUT2D eigenvalue weighted by molar-refractivity contribution is 0.391. The normalized spacial score (nSPS) is 10.9. The van der Waals surface area contributed by atoms with E-state index in [1.807, 2.05) is 30.3 Å². The van der Waals surface area contributed by atoms with Crippen LogP contribution in [0.4, 0.5) is 5.13 Å². The summed E-state index contributed by atoms with van der Waals surface area (Å²) in [4.78, 5) is 4.48. The van der Waals surface area contributed by atoms with Gasteiger partial charge >= 0.3 is 0 Å². The van der Waals surface area contributed by atoms with Crippen LogP contribution in [0, 0.1) is 0 Å². The highest BCUT2D eigenvalue weighted by Crippen LogP contribution is 2.28. The molecule has 6 nitrogen and oxygen atoms in total. The van der Waals surface area contributed by atoms with Crippen LogP contribution in [0.25, 0.3) is 11.4 Å². The summed E-state index contributed by atoms with van der Waals surface area (Å²) in [5.41, 5.74) is 3.45. The van der Waals surface area contributed by atoms with E-state index in [2.05, 4.69) is 56.8 Å². The first-order valence-electron chi connectivity index (χ1n) is 8.96. The first-order chi connectivity index (χ1) is 13.8. The van der Waals surface area contributed by atoms with Gasteiger partial charge in [0.2, 0.25) is 16.8 Å². The molecule has 0 spiro atoms. The van der Waals surface area contributed by atoms with Gasteiger partial charge < -0.3 is 9.84 Å². The molecule has 4 aromatic rings. The maximum atomic E-state index is 5.37. The molecule has 0 fully saturated rings. The molecule has 0 atom stereocenters. The Labute approximate surface area is 171 Å². The Bertz CT molecular complexity index is 1010. The smallest absolute Gasteiger partial charge is 0.237 e. The van der Waals surface area contributed by atoms with Crippen molar-refractivity contribution in [1.29, 1.82) is 0 Å². The minimum Gasteiger partial charge on any atom is -0.356 e. The van der Waals surface area contributed by atoms with Crippen molar-refractivity contribution in [2.24, 2.45) is 0 Å². The number of hydrogen-bond donors (Lipinski definition) is 1. The number of thioether (sulfide) groups is 1. The van der Waals surface area contributed by atoms with Crippen LogP contribution >= 0.6 is 23.1 Å². The number of hydrogen-bond acceptors (Lipinski definition) is 8. The molecule has 2 aromatic carbocycles. The van der Waals surface area contributed by atoms with Gasteiger partial charge in [-0.15, -0.1) is 10.2 Å². The van der Waals surface area contributed by atoms with Gasteiger partial charge in [0.05, 0.1) is 5.75 Å². The molecule has 0 amide bonds. The van der Waals surface area contributed by atoms with Crippen molar-refractivity contribution in [1.82, 2.24) is 20.3 Å². The number of benzene rings is 2. The van der Waals surface area contributed by atoms with Gasteiger partial charge in [-0.25, -0.2) is 0 Å². The standard InChI is InChI=1S/C20H19N5OS2/c1-2-14-8-10-16(11-9-14)18-22-17(26-25-18)13-27-20-24-23-19(28-20)21-12-15-6-4-3-5-7-15/h3-11H,2,12-13H2,1H3,(H,21,23). The topological polar surface area (TPSA) is 76.7 Å². The fourth-order valence-electron chi connectivity index (χ4n) is 2.56. The van der Waals surface area contributed by atoms with Crippen molar-refractivity contribution in [3.8, 4) is 11.4 Å². The van der Waals surface area contributed by atoms with Crippen molar-refractivity contribution in [3.05, 3.63) is 71.6 Å². The molecular formula is C20H19N5OS2. The summed E-state index contributed by atoms with van der Waals surface area (Å²) in [6, 6.07) is 18.4. The second kappa shape index (κ2) is 8.99. The van der Waals surface area contributed by atoms with Gasteiger partial charge in [-0.1, -0.05) is 89.8 Å². The molecule has 0 aliphatic carbocycles. The molecule has 8 heteroatoms. The number of anilines is 1. The summed E-state index contributed by atoms with van der Waals surface area (Å²) in [6.45, 7) is 2.86. The van der Waals surface area contributed by atoms with Gasteiger partial charge in [-0.3, -0.25) is 0 Å². The largest absolute Gasteiger partial charge is 0.356 e. The van der Waals surface area contributed by atoms with Crippen LogP contribution in [0.2, 0.25) is 0 Å². The summed E-state index contributed by atoms with van der Waals surface area (Å²) < 4.78 is 6.23. The predicted octanol–water partition coefficient (Wildman–Crippen LogP) is 5.05. The molecule has 0 saturated heterocycles.